The Morgan fingerprint density at radius 3 is 2.57 bits per heavy atom. The molecule has 0 saturated carbocycles. The Morgan fingerprint density at radius 1 is 1.29 bits per heavy atom. The van der Waals surface area contributed by atoms with E-state index in [4.69, 9.17) is 0 Å². The molecule has 1 N–H and O–H groups in total. The van der Waals surface area contributed by atoms with Gasteiger partial charge < -0.3 is 10.0 Å². The molecule has 0 spiro atoms. The Hall–Kier alpha value is -1.60. The second-order valence-electron chi connectivity index (χ2n) is 4.72. The summed E-state index contributed by atoms with van der Waals surface area (Å²) in [4.78, 5) is 5.20. The third-order valence-electron chi connectivity index (χ3n) is 2.87. The van der Waals surface area contributed by atoms with Gasteiger partial charge in [0.25, 0.3) is 0 Å². The molecule has 2 aromatic rings. The van der Waals surface area contributed by atoms with Crippen molar-refractivity contribution in [2.45, 2.75) is 18.7 Å². The number of benzene rings is 1. The molecule has 7 heteroatoms. The smallest absolute Gasteiger partial charge is 0.388 e. The summed E-state index contributed by atoms with van der Waals surface area (Å²) >= 11 is 1.14. The Balaban J connectivity index is 2.00. The zero-order valence-corrected chi connectivity index (χ0v) is 12.2. The first-order chi connectivity index (χ1) is 9.85. The van der Waals surface area contributed by atoms with Crippen LogP contribution in [-0.2, 0) is 6.42 Å². The molecule has 1 unspecified atom stereocenters. The fourth-order valence-electron chi connectivity index (χ4n) is 1.89. The Bertz CT molecular complexity index is 571. The van der Waals surface area contributed by atoms with Crippen molar-refractivity contribution in [3.8, 4) is 0 Å². The third kappa shape index (κ3) is 4.71. The Kier molecular flexibility index (Phi) is 4.84. The molecule has 1 aromatic carbocycles. The van der Waals surface area contributed by atoms with E-state index in [1.807, 2.05) is 18.2 Å². The number of anilines is 1. The maximum atomic E-state index is 12.3. The highest BCUT2D eigenvalue weighted by Gasteiger charge is 2.30. The minimum absolute atomic E-state index is 0.278. The molecule has 0 saturated heterocycles. The van der Waals surface area contributed by atoms with E-state index in [0.29, 0.717) is 10.8 Å². The van der Waals surface area contributed by atoms with E-state index in [1.54, 1.807) is 17.5 Å². The van der Waals surface area contributed by atoms with Crippen LogP contribution in [-0.4, -0.2) is 29.9 Å². The van der Waals surface area contributed by atoms with Crippen molar-refractivity contribution in [1.29, 1.82) is 0 Å². The first-order valence-electron chi connectivity index (χ1n) is 6.30. The standard InChI is InChI=1S/C14H15F3N2OS/c1-19(9-14(15,16)17)13-18-11(8-21-13)7-12(20)10-5-3-2-4-6-10/h2-6,8,12,20H,7,9H2,1H3. The van der Waals surface area contributed by atoms with Crippen molar-refractivity contribution in [3.63, 3.8) is 0 Å². The quantitative estimate of drug-likeness (QED) is 0.918. The van der Waals surface area contributed by atoms with Gasteiger partial charge in [0.15, 0.2) is 5.13 Å². The Labute approximate surface area is 124 Å². The zero-order valence-electron chi connectivity index (χ0n) is 11.3. The molecule has 0 radical (unpaired) electrons. The lowest BCUT2D eigenvalue weighted by Crippen LogP contribution is -2.30. The number of aliphatic hydroxyl groups is 1. The van der Waals surface area contributed by atoms with Crippen molar-refractivity contribution in [2.75, 3.05) is 18.5 Å². The summed E-state index contributed by atoms with van der Waals surface area (Å²) < 4.78 is 37.0. The van der Waals surface area contributed by atoms with Crippen LogP contribution in [0.2, 0.25) is 0 Å². The molecule has 1 aromatic heterocycles. The number of nitrogens with zero attached hydrogens (tertiary/aromatic N) is 2. The van der Waals surface area contributed by atoms with Gasteiger partial charge in [0.1, 0.15) is 6.54 Å². The summed E-state index contributed by atoms with van der Waals surface area (Å²) in [6.07, 6.45) is -4.70. The van der Waals surface area contributed by atoms with E-state index in [0.717, 1.165) is 21.8 Å². The number of rotatable bonds is 5. The molecular formula is C14H15F3N2OS. The van der Waals surface area contributed by atoms with Crippen molar-refractivity contribution in [3.05, 3.63) is 47.0 Å². The Morgan fingerprint density at radius 2 is 1.95 bits per heavy atom. The van der Waals surface area contributed by atoms with Crippen molar-refractivity contribution < 1.29 is 18.3 Å². The number of aromatic nitrogens is 1. The van der Waals surface area contributed by atoms with Crippen LogP contribution in [0.5, 0.6) is 0 Å². The maximum absolute atomic E-state index is 12.3. The molecule has 21 heavy (non-hydrogen) atoms. The lowest BCUT2D eigenvalue weighted by molar-refractivity contribution is -0.119. The number of hydrogen-bond acceptors (Lipinski definition) is 4. The number of hydrogen-bond donors (Lipinski definition) is 1. The van der Waals surface area contributed by atoms with Crippen LogP contribution in [0.3, 0.4) is 0 Å². The molecule has 1 atom stereocenters. The molecule has 0 bridgehead atoms. The minimum atomic E-state index is -4.26. The van der Waals surface area contributed by atoms with Crippen LogP contribution in [0.25, 0.3) is 0 Å². The average Bonchev–Trinajstić information content (AvgIpc) is 2.86. The van der Waals surface area contributed by atoms with Crippen molar-refractivity contribution in [1.82, 2.24) is 4.98 Å². The van der Waals surface area contributed by atoms with Crippen LogP contribution in [0.4, 0.5) is 18.3 Å². The number of aliphatic hydroxyl groups excluding tert-OH is 1. The van der Waals surface area contributed by atoms with Gasteiger partial charge >= 0.3 is 6.18 Å². The van der Waals surface area contributed by atoms with Gasteiger partial charge in [-0.1, -0.05) is 30.3 Å². The van der Waals surface area contributed by atoms with Gasteiger partial charge in [-0.15, -0.1) is 11.3 Å². The predicted molar refractivity (Wildman–Crippen MR) is 76.5 cm³/mol. The van der Waals surface area contributed by atoms with Gasteiger partial charge in [-0.05, 0) is 5.56 Å². The van der Waals surface area contributed by atoms with Gasteiger partial charge in [-0.2, -0.15) is 13.2 Å². The normalized spacial score (nSPS) is 13.2. The lowest BCUT2D eigenvalue weighted by Gasteiger charge is -2.17. The predicted octanol–water partition coefficient (Wildman–Crippen LogP) is 3.42. The van der Waals surface area contributed by atoms with E-state index < -0.39 is 18.8 Å². The van der Waals surface area contributed by atoms with E-state index in [1.165, 1.54) is 7.05 Å². The van der Waals surface area contributed by atoms with Crippen LogP contribution < -0.4 is 4.90 Å². The monoisotopic (exact) mass is 316 g/mol. The minimum Gasteiger partial charge on any atom is -0.388 e. The molecule has 0 aliphatic rings. The molecule has 2 rings (SSSR count). The van der Waals surface area contributed by atoms with Crippen LogP contribution in [0.1, 0.15) is 17.4 Å². The molecule has 114 valence electrons. The first kappa shape index (κ1) is 15.8. The van der Waals surface area contributed by atoms with Gasteiger partial charge in [-0.3, -0.25) is 0 Å². The highest BCUT2D eigenvalue weighted by molar-refractivity contribution is 7.13. The summed E-state index contributed by atoms with van der Waals surface area (Å²) in [5, 5.41) is 12.0. The first-order valence-corrected chi connectivity index (χ1v) is 7.18. The average molecular weight is 316 g/mol. The molecule has 0 fully saturated rings. The maximum Gasteiger partial charge on any atom is 0.405 e. The molecular weight excluding hydrogens is 301 g/mol. The molecule has 0 amide bonds. The summed E-state index contributed by atoms with van der Waals surface area (Å²) in [5.74, 6) is 0. The van der Waals surface area contributed by atoms with Gasteiger partial charge in [0, 0.05) is 18.8 Å². The fraction of sp³-hybridized carbons (Fsp3) is 0.357. The summed E-state index contributed by atoms with van der Waals surface area (Å²) in [6.45, 7) is -1.04. The van der Waals surface area contributed by atoms with Gasteiger partial charge in [0.2, 0.25) is 0 Å². The van der Waals surface area contributed by atoms with E-state index in [9.17, 15) is 18.3 Å². The van der Waals surface area contributed by atoms with Crippen LogP contribution in [0.15, 0.2) is 35.7 Å². The highest BCUT2D eigenvalue weighted by Crippen LogP contribution is 2.26. The largest absolute Gasteiger partial charge is 0.405 e. The summed E-state index contributed by atoms with van der Waals surface area (Å²) in [5.41, 5.74) is 1.34. The van der Waals surface area contributed by atoms with Crippen LogP contribution >= 0.6 is 11.3 Å². The second-order valence-corrected chi connectivity index (χ2v) is 5.56. The molecule has 3 nitrogen and oxygen atoms in total. The topological polar surface area (TPSA) is 36.4 Å². The zero-order chi connectivity index (χ0) is 15.5. The van der Waals surface area contributed by atoms with Crippen molar-refractivity contribution >= 4 is 16.5 Å². The lowest BCUT2D eigenvalue weighted by atomic mass is 10.1. The van der Waals surface area contributed by atoms with Crippen molar-refractivity contribution in [2.24, 2.45) is 0 Å². The number of alkyl halides is 3. The van der Waals surface area contributed by atoms with E-state index in [-0.39, 0.29) is 6.42 Å². The molecule has 0 aliphatic heterocycles. The third-order valence-corrected chi connectivity index (χ3v) is 3.87. The summed E-state index contributed by atoms with van der Waals surface area (Å²) in [7, 11) is 1.35. The molecule has 0 aliphatic carbocycles. The van der Waals surface area contributed by atoms with Gasteiger partial charge in [-0.25, -0.2) is 4.98 Å². The highest BCUT2D eigenvalue weighted by atomic mass is 32.1. The SMILES string of the molecule is CN(CC(F)(F)F)c1nc(CC(O)c2ccccc2)cs1. The second kappa shape index (κ2) is 6.44. The molecule has 1 heterocycles. The van der Waals surface area contributed by atoms with E-state index >= 15 is 0 Å². The van der Waals surface area contributed by atoms with Gasteiger partial charge in [0.05, 0.1) is 11.8 Å². The number of thiazole rings is 1. The number of halogens is 3. The summed E-state index contributed by atoms with van der Waals surface area (Å²) in [6, 6.07) is 9.09. The van der Waals surface area contributed by atoms with E-state index in [2.05, 4.69) is 4.98 Å². The fourth-order valence-corrected chi connectivity index (χ4v) is 2.70. The van der Waals surface area contributed by atoms with Crippen LogP contribution in [0, 0.1) is 0 Å².